The molecule has 4 rings (SSSR count). The second kappa shape index (κ2) is 6.16. The van der Waals surface area contributed by atoms with E-state index < -0.39 is 0 Å². The van der Waals surface area contributed by atoms with Crippen LogP contribution in [0.4, 0.5) is 0 Å². The lowest BCUT2D eigenvalue weighted by molar-refractivity contribution is -0.139. The zero-order valence-electron chi connectivity index (χ0n) is 13.0. The van der Waals surface area contributed by atoms with Crippen molar-refractivity contribution in [1.29, 1.82) is 0 Å². The highest BCUT2D eigenvalue weighted by Gasteiger charge is 2.37. The highest BCUT2D eigenvalue weighted by atomic mass is 32.2. The first-order chi connectivity index (χ1) is 11.2. The van der Waals surface area contributed by atoms with Crippen molar-refractivity contribution in [2.45, 2.75) is 18.9 Å². The zero-order chi connectivity index (χ0) is 15.8. The summed E-state index contributed by atoms with van der Waals surface area (Å²) < 4.78 is 0. The maximum absolute atomic E-state index is 12.7. The van der Waals surface area contributed by atoms with Gasteiger partial charge in [0.2, 0.25) is 11.8 Å². The molecule has 0 aromatic carbocycles. The van der Waals surface area contributed by atoms with Crippen LogP contribution in [-0.4, -0.2) is 83.5 Å². The molecule has 0 spiro atoms. The van der Waals surface area contributed by atoms with Crippen molar-refractivity contribution in [3.63, 3.8) is 0 Å². The van der Waals surface area contributed by atoms with E-state index in [1.807, 2.05) is 10.3 Å². The summed E-state index contributed by atoms with van der Waals surface area (Å²) in [5.41, 5.74) is 1.05. The van der Waals surface area contributed by atoms with Gasteiger partial charge in [-0.2, -0.15) is 0 Å². The van der Waals surface area contributed by atoms with E-state index in [0.29, 0.717) is 26.1 Å². The Bertz CT molecular complexity index is 590. The topological polar surface area (TPSA) is 68.2 Å². The van der Waals surface area contributed by atoms with Crippen LogP contribution in [0.5, 0.6) is 0 Å². The fourth-order valence-corrected chi connectivity index (χ4v) is 4.50. The molecule has 2 saturated heterocycles. The van der Waals surface area contributed by atoms with Gasteiger partial charge in [-0.1, -0.05) is 11.8 Å². The number of piperazine rings is 2. The number of amides is 2. The Morgan fingerprint density at radius 2 is 2.26 bits per heavy atom. The molecule has 0 unspecified atom stereocenters. The van der Waals surface area contributed by atoms with Crippen LogP contribution in [0.2, 0.25) is 0 Å². The number of thioether (sulfide) groups is 1. The molecule has 0 aromatic heterocycles. The summed E-state index contributed by atoms with van der Waals surface area (Å²) in [6.45, 7) is 5.43. The normalized spacial score (nSPS) is 27.8. The van der Waals surface area contributed by atoms with Gasteiger partial charge in [-0.3, -0.25) is 19.5 Å². The number of rotatable bonds is 2. The highest BCUT2D eigenvalue weighted by molar-refractivity contribution is 8.16. The molecule has 1 atom stereocenters. The number of carbonyl (C=O) groups excluding carboxylic acids is 2. The SMILES string of the molecule is O=C1NCCN2CCN(C(=O)CC3=CSC4=NCCCN34)C[C@H]12. The summed E-state index contributed by atoms with van der Waals surface area (Å²) in [5.74, 6) is 0.163. The Balaban J connectivity index is 1.39. The van der Waals surface area contributed by atoms with Crippen LogP contribution in [0, 0.1) is 0 Å². The molecular weight excluding hydrogens is 314 g/mol. The maximum Gasteiger partial charge on any atom is 0.239 e. The number of nitrogens with one attached hydrogen (secondary N) is 1. The summed E-state index contributed by atoms with van der Waals surface area (Å²) in [7, 11) is 0. The lowest BCUT2D eigenvalue weighted by Gasteiger charge is -2.43. The first-order valence-electron chi connectivity index (χ1n) is 8.19. The van der Waals surface area contributed by atoms with Crippen molar-refractivity contribution in [1.82, 2.24) is 20.0 Å². The van der Waals surface area contributed by atoms with E-state index in [9.17, 15) is 9.59 Å². The van der Waals surface area contributed by atoms with Gasteiger partial charge >= 0.3 is 0 Å². The molecule has 23 heavy (non-hydrogen) atoms. The van der Waals surface area contributed by atoms with Crippen LogP contribution in [0.1, 0.15) is 12.8 Å². The van der Waals surface area contributed by atoms with Crippen LogP contribution in [0.15, 0.2) is 16.1 Å². The van der Waals surface area contributed by atoms with Crippen molar-refractivity contribution in [3.8, 4) is 0 Å². The molecule has 0 bridgehead atoms. The molecule has 124 valence electrons. The van der Waals surface area contributed by atoms with Gasteiger partial charge in [0, 0.05) is 51.5 Å². The smallest absolute Gasteiger partial charge is 0.239 e. The Hall–Kier alpha value is -1.54. The number of aliphatic imine (C=N–C) groups is 1. The van der Waals surface area contributed by atoms with E-state index in [1.165, 1.54) is 0 Å². The van der Waals surface area contributed by atoms with E-state index in [0.717, 1.165) is 43.5 Å². The molecule has 0 aliphatic carbocycles. The molecule has 0 aromatic rings. The standard InChI is InChI=1S/C15H21N5O2S/c21-13(8-11-10-23-15-17-2-1-4-20(11)15)19-7-6-18-5-3-16-14(22)12(18)9-19/h10,12H,1-9H2,(H,16,22)/t12-/m1/s1. The summed E-state index contributed by atoms with van der Waals surface area (Å²) in [5, 5.41) is 5.96. The summed E-state index contributed by atoms with van der Waals surface area (Å²) >= 11 is 1.61. The van der Waals surface area contributed by atoms with Gasteiger partial charge in [0.25, 0.3) is 0 Å². The van der Waals surface area contributed by atoms with Crippen molar-refractivity contribution in [3.05, 3.63) is 11.1 Å². The van der Waals surface area contributed by atoms with Crippen LogP contribution >= 0.6 is 11.8 Å². The molecule has 4 heterocycles. The third kappa shape index (κ3) is 2.85. The van der Waals surface area contributed by atoms with Crippen LogP contribution in [0.3, 0.4) is 0 Å². The number of amidine groups is 1. The number of hydrogen-bond acceptors (Lipinski definition) is 6. The van der Waals surface area contributed by atoms with Crippen LogP contribution < -0.4 is 5.32 Å². The van der Waals surface area contributed by atoms with Crippen LogP contribution in [-0.2, 0) is 9.59 Å². The van der Waals surface area contributed by atoms with Gasteiger partial charge in [-0.05, 0) is 11.8 Å². The zero-order valence-corrected chi connectivity index (χ0v) is 13.8. The maximum atomic E-state index is 12.7. The average molecular weight is 335 g/mol. The number of carbonyl (C=O) groups is 2. The molecule has 4 aliphatic heterocycles. The summed E-state index contributed by atoms with van der Waals surface area (Å²) in [4.78, 5) is 35.4. The minimum atomic E-state index is -0.180. The molecule has 0 radical (unpaired) electrons. The molecule has 1 N–H and O–H groups in total. The van der Waals surface area contributed by atoms with E-state index in [4.69, 9.17) is 0 Å². The quantitative estimate of drug-likeness (QED) is 0.748. The van der Waals surface area contributed by atoms with Gasteiger partial charge in [0.1, 0.15) is 6.04 Å². The van der Waals surface area contributed by atoms with Gasteiger partial charge in [-0.25, -0.2) is 0 Å². The van der Waals surface area contributed by atoms with Crippen LogP contribution in [0.25, 0.3) is 0 Å². The molecular formula is C15H21N5O2S. The first kappa shape index (κ1) is 15.0. The minimum Gasteiger partial charge on any atom is -0.353 e. The van der Waals surface area contributed by atoms with Crippen molar-refractivity contribution >= 4 is 28.7 Å². The predicted molar refractivity (Wildman–Crippen MR) is 88.9 cm³/mol. The van der Waals surface area contributed by atoms with E-state index >= 15 is 0 Å². The molecule has 2 amide bonds. The van der Waals surface area contributed by atoms with Crippen molar-refractivity contribution in [2.75, 3.05) is 45.8 Å². The third-order valence-corrected chi connectivity index (χ3v) is 5.79. The molecule has 2 fully saturated rings. The monoisotopic (exact) mass is 335 g/mol. The van der Waals surface area contributed by atoms with Gasteiger partial charge in [-0.15, -0.1) is 0 Å². The average Bonchev–Trinajstić information content (AvgIpc) is 2.98. The summed E-state index contributed by atoms with van der Waals surface area (Å²) in [6.07, 6.45) is 1.44. The van der Waals surface area contributed by atoms with Crippen molar-refractivity contribution in [2.24, 2.45) is 4.99 Å². The fourth-order valence-electron chi connectivity index (χ4n) is 3.54. The van der Waals surface area contributed by atoms with E-state index in [-0.39, 0.29) is 17.9 Å². The third-order valence-electron chi connectivity index (χ3n) is 4.84. The van der Waals surface area contributed by atoms with Gasteiger partial charge in [0.05, 0.1) is 6.42 Å². The summed E-state index contributed by atoms with van der Waals surface area (Å²) in [6, 6.07) is -0.180. The second-order valence-corrected chi connectivity index (χ2v) is 7.09. The van der Waals surface area contributed by atoms with Gasteiger partial charge < -0.3 is 15.1 Å². The van der Waals surface area contributed by atoms with E-state index in [1.54, 1.807) is 11.8 Å². The Labute approximate surface area is 139 Å². The lowest BCUT2D eigenvalue weighted by Crippen LogP contribution is -2.64. The Morgan fingerprint density at radius 1 is 1.35 bits per heavy atom. The highest BCUT2D eigenvalue weighted by Crippen LogP contribution is 2.31. The largest absolute Gasteiger partial charge is 0.353 e. The second-order valence-electron chi connectivity index (χ2n) is 6.26. The van der Waals surface area contributed by atoms with E-state index in [2.05, 4.69) is 20.1 Å². The predicted octanol–water partition coefficient (Wildman–Crippen LogP) is -0.331. The number of fused-ring (bicyclic) bond motifs is 2. The molecule has 7 nitrogen and oxygen atoms in total. The molecule has 4 aliphatic rings. The van der Waals surface area contributed by atoms with Crippen molar-refractivity contribution < 1.29 is 9.59 Å². The van der Waals surface area contributed by atoms with Gasteiger partial charge in [0.15, 0.2) is 5.17 Å². The minimum absolute atomic E-state index is 0.0508. The lowest BCUT2D eigenvalue weighted by atomic mass is 10.1. The number of nitrogens with zero attached hydrogens (tertiary/aromatic N) is 4. The molecule has 0 saturated carbocycles. The molecule has 8 heteroatoms. The first-order valence-corrected chi connectivity index (χ1v) is 9.07. The number of hydrogen-bond donors (Lipinski definition) is 1. The Morgan fingerprint density at radius 3 is 3.17 bits per heavy atom. The Kier molecular flexibility index (Phi) is 4.02. The fraction of sp³-hybridized carbons (Fsp3) is 0.667.